The average molecular weight is 155 g/mol. The molecule has 3 heteroatoms. The van der Waals surface area contributed by atoms with Gasteiger partial charge in [-0.1, -0.05) is 0 Å². The van der Waals surface area contributed by atoms with Crippen molar-refractivity contribution >= 4 is 5.69 Å². The third-order valence-electron chi connectivity index (χ3n) is 1.26. The van der Waals surface area contributed by atoms with Crippen LogP contribution in [0, 0.1) is 5.82 Å². The van der Waals surface area contributed by atoms with E-state index in [-0.39, 0.29) is 5.75 Å². The topological polar surface area (TPSA) is 35.2 Å². The van der Waals surface area contributed by atoms with Crippen LogP contribution in [0.2, 0.25) is 0 Å². The highest BCUT2D eigenvalue weighted by Crippen LogP contribution is 2.18. The first-order chi connectivity index (χ1) is 5.24. The normalized spacial score (nSPS) is 9.64. The molecule has 2 N–H and O–H groups in total. The van der Waals surface area contributed by atoms with Crippen molar-refractivity contribution in [2.75, 3.05) is 12.3 Å². The Bertz CT molecular complexity index is 250. The molecule has 0 aromatic heterocycles. The minimum Gasteiger partial charge on any atom is -0.491 e. The first-order valence-corrected chi connectivity index (χ1v) is 3.42. The molecule has 0 aliphatic heterocycles. The zero-order valence-corrected chi connectivity index (χ0v) is 6.30. The van der Waals surface area contributed by atoms with Crippen molar-refractivity contribution in [2.24, 2.45) is 0 Å². The molecule has 1 aromatic carbocycles. The molecule has 0 saturated carbocycles. The number of nitrogens with two attached hydrogens (primary N) is 1. The number of anilines is 1. The van der Waals surface area contributed by atoms with E-state index in [4.69, 9.17) is 10.5 Å². The highest BCUT2D eigenvalue weighted by molar-refractivity contribution is 5.42. The van der Waals surface area contributed by atoms with Gasteiger partial charge in [0.25, 0.3) is 0 Å². The fourth-order valence-electron chi connectivity index (χ4n) is 0.790. The van der Waals surface area contributed by atoms with Gasteiger partial charge in [-0.15, -0.1) is 0 Å². The highest BCUT2D eigenvalue weighted by Gasteiger charge is 2.00. The molecule has 0 aliphatic carbocycles. The smallest absolute Gasteiger partial charge is 0.167 e. The molecule has 2 nitrogen and oxygen atoms in total. The minimum atomic E-state index is -0.410. The summed E-state index contributed by atoms with van der Waals surface area (Å²) in [5, 5.41) is 0. The molecule has 0 heterocycles. The van der Waals surface area contributed by atoms with Crippen LogP contribution in [-0.2, 0) is 0 Å². The Kier molecular flexibility index (Phi) is 2.31. The maximum absolute atomic E-state index is 12.8. The molecule has 0 atom stereocenters. The van der Waals surface area contributed by atoms with Crippen LogP contribution in [0.4, 0.5) is 10.1 Å². The van der Waals surface area contributed by atoms with Crippen LogP contribution in [0.3, 0.4) is 0 Å². The fourth-order valence-corrected chi connectivity index (χ4v) is 0.790. The summed E-state index contributed by atoms with van der Waals surface area (Å²) in [4.78, 5) is 0. The van der Waals surface area contributed by atoms with Crippen molar-refractivity contribution in [1.82, 2.24) is 0 Å². The third kappa shape index (κ3) is 1.83. The first kappa shape index (κ1) is 7.85. The van der Waals surface area contributed by atoms with E-state index in [0.29, 0.717) is 12.3 Å². The second kappa shape index (κ2) is 3.23. The summed E-state index contributed by atoms with van der Waals surface area (Å²) in [6.07, 6.45) is 0. The summed E-state index contributed by atoms with van der Waals surface area (Å²) < 4.78 is 17.8. The Labute approximate surface area is 64.8 Å². The summed E-state index contributed by atoms with van der Waals surface area (Å²) in [6.45, 7) is 2.26. The molecule has 0 saturated heterocycles. The Morgan fingerprint density at radius 1 is 1.55 bits per heavy atom. The van der Waals surface area contributed by atoms with E-state index < -0.39 is 5.82 Å². The predicted molar refractivity (Wildman–Crippen MR) is 42.0 cm³/mol. The summed E-state index contributed by atoms with van der Waals surface area (Å²) in [6, 6.07) is 4.37. The lowest BCUT2D eigenvalue weighted by molar-refractivity contribution is 0.321. The Morgan fingerprint density at radius 3 is 2.82 bits per heavy atom. The second-order valence-corrected chi connectivity index (χ2v) is 2.12. The zero-order valence-electron chi connectivity index (χ0n) is 6.30. The van der Waals surface area contributed by atoms with Gasteiger partial charge >= 0.3 is 0 Å². The molecule has 0 unspecified atom stereocenters. The fraction of sp³-hybridized carbons (Fsp3) is 0.250. The van der Waals surface area contributed by atoms with E-state index in [1.165, 1.54) is 12.1 Å². The van der Waals surface area contributed by atoms with Gasteiger partial charge in [0.05, 0.1) is 6.61 Å². The monoisotopic (exact) mass is 155 g/mol. The van der Waals surface area contributed by atoms with Crippen LogP contribution in [-0.4, -0.2) is 6.61 Å². The molecule has 0 radical (unpaired) electrons. The number of halogens is 1. The van der Waals surface area contributed by atoms with Crippen LogP contribution in [0.5, 0.6) is 5.75 Å². The summed E-state index contributed by atoms with van der Waals surface area (Å²) >= 11 is 0. The largest absolute Gasteiger partial charge is 0.491 e. The van der Waals surface area contributed by atoms with Gasteiger partial charge in [-0.2, -0.15) is 0 Å². The van der Waals surface area contributed by atoms with Crippen LogP contribution in [0.25, 0.3) is 0 Å². The minimum absolute atomic E-state index is 0.252. The van der Waals surface area contributed by atoms with Gasteiger partial charge in [0.2, 0.25) is 0 Å². The number of hydrogen-bond donors (Lipinski definition) is 1. The van der Waals surface area contributed by atoms with Crippen LogP contribution < -0.4 is 10.5 Å². The van der Waals surface area contributed by atoms with E-state index in [0.717, 1.165) is 0 Å². The molecule has 0 fully saturated rings. The van der Waals surface area contributed by atoms with Crippen molar-refractivity contribution in [3.63, 3.8) is 0 Å². The lowest BCUT2D eigenvalue weighted by Gasteiger charge is -2.03. The predicted octanol–water partition coefficient (Wildman–Crippen LogP) is 1.81. The SMILES string of the molecule is CCOc1ccc(N)cc1F. The number of rotatable bonds is 2. The maximum Gasteiger partial charge on any atom is 0.167 e. The second-order valence-electron chi connectivity index (χ2n) is 2.12. The van der Waals surface area contributed by atoms with E-state index >= 15 is 0 Å². The molecule has 1 rings (SSSR count). The van der Waals surface area contributed by atoms with Crippen LogP contribution in [0.1, 0.15) is 6.92 Å². The zero-order chi connectivity index (χ0) is 8.27. The Morgan fingerprint density at radius 2 is 2.27 bits per heavy atom. The van der Waals surface area contributed by atoms with Gasteiger partial charge in [-0.25, -0.2) is 4.39 Å². The molecule has 0 amide bonds. The molecule has 0 bridgehead atoms. The summed E-state index contributed by atoms with van der Waals surface area (Å²) in [5.41, 5.74) is 5.74. The van der Waals surface area contributed by atoms with Gasteiger partial charge in [-0.05, 0) is 19.1 Å². The van der Waals surface area contributed by atoms with Crippen molar-refractivity contribution in [1.29, 1.82) is 0 Å². The molecule has 0 spiro atoms. The van der Waals surface area contributed by atoms with Gasteiger partial charge in [0, 0.05) is 11.8 Å². The molecule has 60 valence electrons. The summed E-state index contributed by atoms with van der Waals surface area (Å²) in [5.74, 6) is -0.159. The van der Waals surface area contributed by atoms with E-state index in [1.807, 2.05) is 0 Å². The van der Waals surface area contributed by atoms with Crippen molar-refractivity contribution < 1.29 is 9.13 Å². The number of benzene rings is 1. The van der Waals surface area contributed by atoms with Crippen molar-refractivity contribution in [2.45, 2.75) is 6.92 Å². The standard InChI is InChI=1S/C8H10FNO/c1-2-11-8-4-3-6(10)5-7(8)9/h3-5H,2,10H2,1H3. The number of hydrogen-bond acceptors (Lipinski definition) is 2. The van der Waals surface area contributed by atoms with Gasteiger partial charge < -0.3 is 10.5 Å². The lowest BCUT2D eigenvalue weighted by Crippen LogP contribution is -1.95. The summed E-state index contributed by atoms with van der Waals surface area (Å²) in [7, 11) is 0. The van der Waals surface area contributed by atoms with E-state index in [2.05, 4.69) is 0 Å². The van der Waals surface area contributed by atoms with Gasteiger partial charge in [0.1, 0.15) is 0 Å². The first-order valence-electron chi connectivity index (χ1n) is 3.42. The maximum atomic E-state index is 12.8. The molecular formula is C8H10FNO. The van der Waals surface area contributed by atoms with Crippen LogP contribution >= 0.6 is 0 Å². The average Bonchev–Trinajstić information content (AvgIpc) is 1.95. The number of ether oxygens (including phenoxy) is 1. The Hall–Kier alpha value is -1.25. The molecule has 0 aliphatic rings. The van der Waals surface area contributed by atoms with Gasteiger partial charge in [0.15, 0.2) is 11.6 Å². The molecule has 1 aromatic rings. The van der Waals surface area contributed by atoms with Crippen molar-refractivity contribution in [3.05, 3.63) is 24.0 Å². The van der Waals surface area contributed by atoms with E-state index in [1.54, 1.807) is 13.0 Å². The van der Waals surface area contributed by atoms with Crippen LogP contribution in [0.15, 0.2) is 18.2 Å². The third-order valence-corrected chi connectivity index (χ3v) is 1.26. The lowest BCUT2D eigenvalue weighted by atomic mass is 10.3. The van der Waals surface area contributed by atoms with E-state index in [9.17, 15) is 4.39 Å². The van der Waals surface area contributed by atoms with Gasteiger partial charge in [-0.3, -0.25) is 0 Å². The molecular weight excluding hydrogens is 145 g/mol. The Balaban J connectivity index is 2.90. The molecule has 11 heavy (non-hydrogen) atoms. The van der Waals surface area contributed by atoms with Crippen molar-refractivity contribution in [3.8, 4) is 5.75 Å². The highest BCUT2D eigenvalue weighted by atomic mass is 19.1. The number of nitrogen functional groups attached to an aromatic ring is 1. The quantitative estimate of drug-likeness (QED) is 0.661.